The first-order valence-corrected chi connectivity index (χ1v) is 8.62. The molecule has 0 saturated carbocycles. The molecule has 6 nitrogen and oxygen atoms in total. The van der Waals surface area contributed by atoms with Gasteiger partial charge in [-0.2, -0.15) is 4.31 Å². The van der Waals surface area contributed by atoms with E-state index in [0.29, 0.717) is 34.9 Å². The monoisotopic (exact) mass is 308 g/mol. The van der Waals surface area contributed by atoms with E-state index in [9.17, 15) is 8.42 Å². The number of aromatic amines is 1. The molecule has 1 fully saturated rings. The molecule has 0 spiro atoms. The number of nitrogens with one attached hydrogen (secondary N) is 1. The summed E-state index contributed by atoms with van der Waals surface area (Å²) in [5.74, 6) is 0.509. The Morgan fingerprint density at radius 2 is 2.33 bits per heavy atom. The van der Waals surface area contributed by atoms with E-state index in [4.69, 9.17) is 5.73 Å². The minimum absolute atomic E-state index is 0.125. The Hall–Kier alpha value is -1.44. The highest BCUT2D eigenvalue weighted by Gasteiger charge is 2.36. The van der Waals surface area contributed by atoms with Crippen molar-refractivity contribution in [3.05, 3.63) is 24.5 Å². The zero-order valence-corrected chi connectivity index (χ0v) is 12.8. The van der Waals surface area contributed by atoms with Crippen molar-refractivity contribution in [2.45, 2.75) is 30.7 Å². The van der Waals surface area contributed by atoms with Crippen LogP contribution in [0.5, 0.6) is 0 Å². The van der Waals surface area contributed by atoms with Crippen LogP contribution in [0.25, 0.3) is 11.0 Å². The molecule has 0 aromatic carbocycles. The van der Waals surface area contributed by atoms with Crippen LogP contribution in [0.1, 0.15) is 19.8 Å². The Balaban J connectivity index is 2.03. The Kier molecular flexibility index (Phi) is 3.73. The molecule has 0 aliphatic carbocycles. The van der Waals surface area contributed by atoms with E-state index in [-0.39, 0.29) is 6.04 Å². The molecular formula is C14H20N4O2S. The van der Waals surface area contributed by atoms with Crippen LogP contribution in [-0.4, -0.2) is 41.8 Å². The van der Waals surface area contributed by atoms with E-state index in [2.05, 4.69) is 16.9 Å². The van der Waals surface area contributed by atoms with Crippen molar-refractivity contribution in [2.75, 3.05) is 13.1 Å². The predicted molar refractivity (Wildman–Crippen MR) is 81.2 cm³/mol. The van der Waals surface area contributed by atoms with Crippen LogP contribution < -0.4 is 5.73 Å². The van der Waals surface area contributed by atoms with E-state index in [1.807, 2.05) is 0 Å². The summed E-state index contributed by atoms with van der Waals surface area (Å²) in [5, 5.41) is 0.631. The second-order valence-corrected chi connectivity index (χ2v) is 7.55. The summed E-state index contributed by atoms with van der Waals surface area (Å²) < 4.78 is 27.5. The van der Waals surface area contributed by atoms with Crippen LogP contribution in [0, 0.1) is 5.92 Å². The molecule has 7 heteroatoms. The fourth-order valence-corrected chi connectivity index (χ4v) is 4.84. The van der Waals surface area contributed by atoms with Crippen molar-refractivity contribution >= 4 is 21.1 Å². The number of rotatable bonds is 3. The zero-order chi connectivity index (χ0) is 15.0. The number of H-pyrrole nitrogens is 1. The third-order valence-corrected chi connectivity index (χ3v) is 6.19. The summed E-state index contributed by atoms with van der Waals surface area (Å²) in [6.45, 7) is 3.02. The minimum Gasteiger partial charge on any atom is -0.345 e. The Bertz CT molecular complexity index is 740. The van der Waals surface area contributed by atoms with E-state index in [1.165, 1.54) is 6.20 Å². The summed E-state index contributed by atoms with van der Waals surface area (Å²) in [7, 11) is -3.55. The molecule has 2 unspecified atom stereocenters. The van der Waals surface area contributed by atoms with Gasteiger partial charge in [-0.3, -0.25) is 0 Å². The molecule has 2 aromatic rings. The summed E-state index contributed by atoms with van der Waals surface area (Å²) >= 11 is 0. The molecule has 0 amide bonds. The SMILES string of the molecule is CC1CCN(S(=O)(=O)c2c[nH]c3ncccc23)C(CN)C1. The van der Waals surface area contributed by atoms with Crippen LogP contribution >= 0.6 is 0 Å². The second kappa shape index (κ2) is 5.40. The summed E-state index contributed by atoms with van der Waals surface area (Å²) in [5.41, 5.74) is 6.38. The van der Waals surface area contributed by atoms with Gasteiger partial charge in [0.15, 0.2) is 0 Å². The van der Waals surface area contributed by atoms with Gasteiger partial charge in [0.05, 0.1) is 0 Å². The first-order valence-electron chi connectivity index (χ1n) is 7.18. The molecule has 3 rings (SSSR count). The highest BCUT2D eigenvalue weighted by molar-refractivity contribution is 7.89. The Morgan fingerprint density at radius 1 is 1.52 bits per heavy atom. The number of sulfonamides is 1. The van der Waals surface area contributed by atoms with Gasteiger partial charge in [-0.25, -0.2) is 13.4 Å². The van der Waals surface area contributed by atoms with Gasteiger partial charge in [0.25, 0.3) is 0 Å². The quantitative estimate of drug-likeness (QED) is 0.894. The molecule has 3 N–H and O–H groups in total. The van der Waals surface area contributed by atoms with Gasteiger partial charge >= 0.3 is 0 Å². The van der Waals surface area contributed by atoms with Crippen molar-refractivity contribution in [1.29, 1.82) is 0 Å². The highest BCUT2D eigenvalue weighted by atomic mass is 32.2. The molecule has 0 bridgehead atoms. The summed E-state index contributed by atoms with van der Waals surface area (Å²) in [6.07, 6.45) is 4.85. The van der Waals surface area contributed by atoms with Crippen molar-refractivity contribution in [2.24, 2.45) is 11.7 Å². The van der Waals surface area contributed by atoms with E-state index in [1.54, 1.807) is 22.6 Å². The molecule has 0 radical (unpaired) electrons. The smallest absolute Gasteiger partial charge is 0.245 e. The number of nitrogens with zero attached hydrogens (tertiary/aromatic N) is 2. The van der Waals surface area contributed by atoms with Crippen LogP contribution in [0.15, 0.2) is 29.4 Å². The zero-order valence-electron chi connectivity index (χ0n) is 12.0. The summed E-state index contributed by atoms with van der Waals surface area (Å²) in [4.78, 5) is 7.37. The molecule has 21 heavy (non-hydrogen) atoms. The number of hydrogen-bond donors (Lipinski definition) is 2. The second-order valence-electron chi connectivity index (χ2n) is 5.69. The number of hydrogen-bond acceptors (Lipinski definition) is 4. The third-order valence-electron chi connectivity index (χ3n) is 4.20. The molecular weight excluding hydrogens is 288 g/mol. The van der Waals surface area contributed by atoms with Crippen LogP contribution in [0.3, 0.4) is 0 Å². The van der Waals surface area contributed by atoms with Gasteiger partial charge in [-0.1, -0.05) is 6.92 Å². The van der Waals surface area contributed by atoms with Gasteiger partial charge in [0.1, 0.15) is 10.5 Å². The van der Waals surface area contributed by atoms with Gasteiger partial charge in [0.2, 0.25) is 10.0 Å². The van der Waals surface area contributed by atoms with Crippen molar-refractivity contribution in [3.8, 4) is 0 Å². The van der Waals surface area contributed by atoms with Gasteiger partial charge in [-0.15, -0.1) is 0 Å². The molecule has 3 heterocycles. The third kappa shape index (κ3) is 2.45. The topological polar surface area (TPSA) is 92.1 Å². The first kappa shape index (κ1) is 14.5. The lowest BCUT2D eigenvalue weighted by atomic mass is 9.94. The van der Waals surface area contributed by atoms with Gasteiger partial charge in [0, 0.05) is 36.9 Å². The molecule has 1 aliphatic rings. The number of pyridine rings is 1. The average Bonchev–Trinajstić information content (AvgIpc) is 2.91. The molecule has 2 aromatic heterocycles. The lowest BCUT2D eigenvalue weighted by Crippen LogP contribution is -2.49. The highest BCUT2D eigenvalue weighted by Crippen LogP contribution is 2.30. The average molecular weight is 308 g/mol. The first-order chi connectivity index (χ1) is 10.0. The lowest BCUT2D eigenvalue weighted by molar-refractivity contribution is 0.211. The number of piperidine rings is 1. The number of aromatic nitrogens is 2. The van der Waals surface area contributed by atoms with Crippen LogP contribution in [0.2, 0.25) is 0 Å². The van der Waals surface area contributed by atoms with E-state index >= 15 is 0 Å². The van der Waals surface area contributed by atoms with Crippen LogP contribution in [-0.2, 0) is 10.0 Å². The molecule has 1 aliphatic heterocycles. The standard InChI is InChI=1S/C14H20N4O2S/c1-10-4-6-18(11(7-10)8-15)21(19,20)13-9-17-14-12(13)3-2-5-16-14/h2-3,5,9-11H,4,6-8,15H2,1H3,(H,16,17). The maximum absolute atomic E-state index is 13.0. The van der Waals surface area contributed by atoms with E-state index < -0.39 is 10.0 Å². The van der Waals surface area contributed by atoms with Crippen molar-refractivity contribution in [1.82, 2.24) is 14.3 Å². The Morgan fingerprint density at radius 3 is 3.10 bits per heavy atom. The normalized spacial score (nSPS) is 24.5. The number of fused-ring (bicyclic) bond motifs is 1. The van der Waals surface area contributed by atoms with Crippen molar-refractivity contribution < 1.29 is 8.42 Å². The fourth-order valence-electron chi connectivity index (χ4n) is 3.03. The van der Waals surface area contributed by atoms with Gasteiger partial charge in [-0.05, 0) is 30.9 Å². The predicted octanol–water partition coefficient (Wildman–Crippen LogP) is 1.31. The molecule has 1 saturated heterocycles. The van der Waals surface area contributed by atoms with E-state index in [0.717, 1.165) is 12.8 Å². The number of nitrogens with two attached hydrogens (primary N) is 1. The minimum atomic E-state index is -3.55. The molecule has 2 atom stereocenters. The van der Waals surface area contributed by atoms with Gasteiger partial charge < -0.3 is 10.7 Å². The van der Waals surface area contributed by atoms with Crippen LogP contribution in [0.4, 0.5) is 0 Å². The lowest BCUT2D eigenvalue weighted by Gasteiger charge is -2.36. The maximum Gasteiger partial charge on any atom is 0.245 e. The fraction of sp³-hybridized carbons (Fsp3) is 0.500. The summed E-state index contributed by atoms with van der Waals surface area (Å²) in [6, 6.07) is 3.39. The Labute approximate surface area is 124 Å². The largest absolute Gasteiger partial charge is 0.345 e. The maximum atomic E-state index is 13.0. The molecule has 114 valence electrons. The van der Waals surface area contributed by atoms with Crippen molar-refractivity contribution in [3.63, 3.8) is 0 Å².